The molecule has 142 valence electrons. The van der Waals surface area contributed by atoms with Crippen molar-refractivity contribution in [1.82, 2.24) is 0 Å². The molecule has 2 aromatic carbocycles. The highest BCUT2D eigenvalue weighted by Crippen LogP contribution is 2.37. The van der Waals surface area contributed by atoms with E-state index in [1.165, 1.54) is 0 Å². The van der Waals surface area contributed by atoms with Gasteiger partial charge in [-0.1, -0.05) is 12.1 Å². The number of hydrogen-bond donors (Lipinski definition) is 1. The van der Waals surface area contributed by atoms with Gasteiger partial charge in [-0.05, 0) is 35.9 Å². The van der Waals surface area contributed by atoms with Crippen LogP contribution in [0, 0.1) is 0 Å². The predicted molar refractivity (Wildman–Crippen MR) is 75.2 cm³/mol. The smallest absolute Gasteiger partial charge is 0.381 e. The molecule has 1 N–H and O–H groups in total. The third kappa shape index (κ3) is 5.06. The molecule has 26 heavy (non-hydrogen) atoms. The molecule has 0 unspecified atom stereocenters. The van der Waals surface area contributed by atoms with Crippen LogP contribution in [0.25, 0.3) is 0 Å². The molecule has 0 saturated carbocycles. The van der Waals surface area contributed by atoms with Gasteiger partial charge < -0.3 is 5.32 Å². The normalized spacial score (nSPS) is 13.0. The summed E-state index contributed by atoms with van der Waals surface area (Å²) in [5.41, 5.74) is -4.08. The first kappa shape index (κ1) is 19.9. The van der Waals surface area contributed by atoms with Crippen molar-refractivity contribution in [1.29, 1.82) is 0 Å². The van der Waals surface area contributed by atoms with Crippen LogP contribution in [0.4, 0.5) is 45.2 Å². The zero-order valence-electron chi connectivity index (χ0n) is 12.7. The number of rotatable bonds is 3. The Morgan fingerprint density at radius 2 is 1.00 bits per heavy atom. The highest BCUT2D eigenvalue weighted by atomic mass is 19.4. The van der Waals surface area contributed by atoms with Crippen LogP contribution in [0.3, 0.4) is 0 Å². The molecule has 0 saturated heterocycles. The van der Waals surface area contributed by atoms with Crippen LogP contribution < -0.4 is 5.32 Å². The third-order valence-electron chi connectivity index (χ3n) is 3.37. The van der Waals surface area contributed by atoms with E-state index < -0.39 is 40.9 Å². The second kappa shape index (κ2) is 6.73. The lowest BCUT2D eigenvalue weighted by Gasteiger charge is -2.15. The van der Waals surface area contributed by atoms with Gasteiger partial charge in [0.15, 0.2) is 0 Å². The average molecular weight is 387 g/mol. The standard InChI is InChI=1S/C16H10F9N/c17-14(18,19)10-3-1-9(2-4-10)8-26-13-6-11(15(20,21)22)5-12(7-13)16(23,24)25/h1-7,26H,8H2. The predicted octanol–water partition coefficient (Wildman–Crippen LogP) is 6.36. The fourth-order valence-electron chi connectivity index (χ4n) is 2.07. The minimum absolute atomic E-state index is 0.0106. The van der Waals surface area contributed by atoms with Crippen molar-refractivity contribution < 1.29 is 39.5 Å². The highest BCUT2D eigenvalue weighted by molar-refractivity contribution is 5.51. The number of halogens is 9. The van der Waals surface area contributed by atoms with Gasteiger partial charge in [0.2, 0.25) is 0 Å². The first-order valence-electron chi connectivity index (χ1n) is 6.96. The van der Waals surface area contributed by atoms with Crippen LogP contribution >= 0.6 is 0 Å². The fourth-order valence-corrected chi connectivity index (χ4v) is 2.07. The van der Waals surface area contributed by atoms with Gasteiger partial charge >= 0.3 is 18.5 Å². The van der Waals surface area contributed by atoms with Crippen LogP contribution in [0.15, 0.2) is 42.5 Å². The van der Waals surface area contributed by atoms with Crippen molar-refractivity contribution >= 4 is 5.69 Å². The maximum Gasteiger partial charge on any atom is 0.416 e. The van der Waals surface area contributed by atoms with Gasteiger partial charge in [0.1, 0.15) is 0 Å². The molecule has 0 aromatic heterocycles. The summed E-state index contributed by atoms with van der Waals surface area (Å²) in [4.78, 5) is 0. The Bertz CT molecular complexity index is 723. The largest absolute Gasteiger partial charge is 0.416 e. The summed E-state index contributed by atoms with van der Waals surface area (Å²) >= 11 is 0. The average Bonchev–Trinajstić information content (AvgIpc) is 2.50. The maximum absolute atomic E-state index is 12.8. The Labute approximate surface area is 141 Å². The Morgan fingerprint density at radius 1 is 0.577 bits per heavy atom. The van der Waals surface area contributed by atoms with E-state index in [1.54, 1.807) is 0 Å². The summed E-state index contributed by atoms with van der Waals surface area (Å²) in [5, 5.41) is 2.36. The lowest BCUT2D eigenvalue weighted by atomic mass is 10.1. The van der Waals surface area contributed by atoms with Crippen LogP contribution in [0.2, 0.25) is 0 Å². The first-order chi connectivity index (χ1) is 11.8. The van der Waals surface area contributed by atoms with Crippen molar-refractivity contribution in [3.05, 3.63) is 64.7 Å². The third-order valence-corrected chi connectivity index (χ3v) is 3.37. The van der Waals surface area contributed by atoms with Crippen molar-refractivity contribution in [3.63, 3.8) is 0 Å². The number of hydrogen-bond acceptors (Lipinski definition) is 1. The first-order valence-corrected chi connectivity index (χ1v) is 6.96. The van der Waals surface area contributed by atoms with Crippen LogP contribution in [-0.2, 0) is 25.1 Å². The van der Waals surface area contributed by atoms with E-state index in [9.17, 15) is 39.5 Å². The molecule has 2 rings (SSSR count). The molecular weight excluding hydrogens is 377 g/mol. The number of nitrogens with one attached hydrogen (secondary N) is 1. The van der Waals surface area contributed by atoms with Gasteiger partial charge in [-0.15, -0.1) is 0 Å². The Hall–Kier alpha value is -2.39. The molecule has 1 nitrogen and oxygen atoms in total. The van der Waals surface area contributed by atoms with Crippen molar-refractivity contribution in [2.24, 2.45) is 0 Å². The van der Waals surface area contributed by atoms with Crippen LogP contribution in [0.5, 0.6) is 0 Å². The molecule has 0 aliphatic heterocycles. The molecule has 0 spiro atoms. The maximum atomic E-state index is 12.8. The summed E-state index contributed by atoms with van der Waals surface area (Å²) in [6.45, 7) is -0.253. The molecule has 0 aliphatic rings. The van der Waals surface area contributed by atoms with Crippen LogP contribution in [0.1, 0.15) is 22.3 Å². The monoisotopic (exact) mass is 387 g/mol. The van der Waals surface area contributed by atoms with E-state index in [0.717, 1.165) is 24.3 Å². The van der Waals surface area contributed by atoms with Gasteiger partial charge in [-0.25, -0.2) is 0 Å². The summed E-state index contributed by atoms with van der Waals surface area (Å²) in [6.07, 6.45) is -14.5. The molecule has 0 aliphatic carbocycles. The second-order valence-electron chi connectivity index (χ2n) is 5.34. The molecule has 0 amide bonds. The number of alkyl halides is 9. The zero-order chi connectivity index (χ0) is 19.8. The van der Waals surface area contributed by atoms with E-state index in [4.69, 9.17) is 0 Å². The van der Waals surface area contributed by atoms with Crippen molar-refractivity contribution in [2.75, 3.05) is 5.32 Å². The minimum Gasteiger partial charge on any atom is -0.381 e. The number of anilines is 1. The van der Waals surface area contributed by atoms with E-state index in [0.29, 0.717) is 12.1 Å². The minimum atomic E-state index is -4.98. The highest BCUT2D eigenvalue weighted by Gasteiger charge is 2.37. The zero-order valence-corrected chi connectivity index (χ0v) is 12.7. The fraction of sp³-hybridized carbons (Fsp3) is 0.250. The van der Waals surface area contributed by atoms with E-state index in [2.05, 4.69) is 5.32 Å². The summed E-state index contributed by atoms with van der Waals surface area (Å²) < 4.78 is 114. The Morgan fingerprint density at radius 3 is 1.38 bits per heavy atom. The van der Waals surface area contributed by atoms with E-state index in [1.807, 2.05) is 0 Å². The summed E-state index contributed by atoms with van der Waals surface area (Å²) in [5.74, 6) is 0. The topological polar surface area (TPSA) is 12.0 Å². The molecule has 10 heteroatoms. The lowest BCUT2D eigenvalue weighted by molar-refractivity contribution is -0.143. The van der Waals surface area contributed by atoms with Gasteiger partial charge in [0.25, 0.3) is 0 Å². The second-order valence-corrected chi connectivity index (χ2v) is 5.34. The molecule has 0 atom stereocenters. The van der Waals surface area contributed by atoms with Crippen molar-refractivity contribution in [3.8, 4) is 0 Å². The lowest BCUT2D eigenvalue weighted by Crippen LogP contribution is -2.12. The van der Waals surface area contributed by atoms with Crippen LogP contribution in [-0.4, -0.2) is 0 Å². The van der Waals surface area contributed by atoms with Gasteiger partial charge in [0, 0.05) is 12.2 Å². The van der Waals surface area contributed by atoms with E-state index >= 15 is 0 Å². The SMILES string of the molecule is FC(F)(F)c1ccc(CNc2cc(C(F)(F)F)cc(C(F)(F)F)c2)cc1. The molecule has 0 radical (unpaired) electrons. The molecule has 0 heterocycles. The van der Waals surface area contributed by atoms with Gasteiger partial charge in [-0.3, -0.25) is 0 Å². The molecule has 0 bridgehead atoms. The molecule has 2 aromatic rings. The van der Waals surface area contributed by atoms with E-state index in [-0.39, 0.29) is 18.2 Å². The quantitative estimate of drug-likeness (QED) is 0.605. The van der Waals surface area contributed by atoms with Gasteiger partial charge in [-0.2, -0.15) is 39.5 Å². The van der Waals surface area contributed by atoms with Crippen molar-refractivity contribution in [2.45, 2.75) is 25.1 Å². The summed E-state index contributed by atoms with van der Waals surface area (Å²) in [6, 6.07) is 4.68. The Balaban J connectivity index is 2.23. The summed E-state index contributed by atoms with van der Waals surface area (Å²) in [7, 11) is 0. The molecule has 0 fully saturated rings. The number of benzene rings is 2. The van der Waals surface area contributed by atoms with Gasteiger partial charge in [0.05, 0.1) is 16.7 Å². The Kier molecular flexibility index (Phi) is 5.16. The molecular formula is C16H10F9N.